The van der Waals surface area contributed by atoms with Crippen LogP contribution in [0.4, 0.5) is 4.79 Å². The number of amides is 3. The highest BCUT2D eigenvalue weighted by atomic mass is 16.5. The molecule has 0 spiro atoms. The van der Waals surface area contributed by atoms with E-state index in [2.05, 4.69) is 10.3 Å². The number of carbonyl (C=O) groups is 2. The molecule has 27 heavy (non-hydrogen) atoms. The normalized spacial score (nSPS) is 19.9. The summed E-state index contributed by atoms with van der Waals surface area (Å²) < 4.78 is 5.36. The van der Waals surface area contributed by atoms with Crippen LogP contribution in [0.3, 0.4) is 0 Å². The van der Waals surface area contributed by atoms with Crippen molar-refractivity contribution in [2.24, 2.45) is 0 Å². The monoisotopic (exact) mass is 372 g/mol. The summed E-state index contributed by atoms with van der Waals surface area (Å²) in [5.74, 6) is 0.285. The Morgan fingerprint density at radius 2 is 1.78 bits per heavy atom. The predicted molar refractivity (Wildman–Crippen MR) is 101 cm³/mol. The van der Waals surface area contributed by atoms with E-state index in [0.29, 0.717) is 24.5 Å². The van der Waals surface area contributed by atoms with Crippen molar-refractivity contribution < 1.29 is 14.3 Å². The van der Waals surface area contributed by atoms with E-state index in [9.17, 15) is 9.59 Å². The number of aryl methyl sites for hydroxylation is 2. The summed E-state index contributed by atoms with van der Waals surface area (Å²) in [5, 5.41) is 3.12. The van der Waals surface area contributed by atoms with Gasteiger partial charge < -0.3 is 19.9 Å². The van der Waals surface area contributed by atoms with E-state index in [-0.39, 0.29) is 18.0 Å². The first-order valence-corrected chi connectivity index (χ1v) is 10.1. The molecule has 1 aromatic heterocycles. The van der Waals surface area contributed by atoms with Gasteiger partial charge in [0, 0.05) is 37.9 Å². The molecular formula is C20H28N4O3. The van der Waals surface area contributed by atoms with Crippen LogP contribution >= 0.6 is 0 Å². The number of carbonyl (C=O) groups excluding carboxylic acids is 2. The van der Waals surface area contributed by atoms with Crippen LogP contribution in [0.25, 0.3) is 0 Å². The van der Waals surface area contributed by atoms with E-state index in [1.165, 1.54) is 0 Å². The number of likely N-dealkylation sites (tertiary alicyclic amines) is 2. The number of hydrogen-bond acceptors (Lipinski definition) is 4. The lowest BCUT2D eigenvalue weighted by atomic mass is 10.0. The smallest absolute Gasteiger partial charge is 0.319 e. The van der Waals surface area contributed by atoms with Crippen molar-refractivity contribution in [2.75, 3.05) is 33.3 Å². The minimum absolute atomic E-state index is 0.0816. The number of nitrogens with one attached hydrogen (secondary N) is 1. The van der Waals surface area contributed by atoms with E-state index in [0.717, 1.165) is 69.3 Å². The Morgan fingerprint density at radius 3 is 2.48 bits per heavy atom. The lowest BCUT2D eigenvalue weighted by Gasteiger charge is -2.34. The zero-order chi connectivity index (χ0) is 18.8. The first-order valence-electron chi connectivity index (χ1n) is 10.1. The second-order valence-electron chi connectivity index (χ2n) is 7.72. The van der Waals surface area contributed by atoms with Gasteiger partial charge in [-0.25, -0.2) is 9.78 Å². The number of methoxy groups -OCH3 is 1. The molecule has 0 aromatic carbocycles. The summed E-state index contributed by atoms with van der Waals surface area (Å²) in [5.41, 5.74) is 2.73. The molecule has 1 aromatic rings. The van der Waals surface area contributed by atoms with Crippen LogP contribution in [0, 0.1) is 0 Å². The van der Waals surface area contributed by atoms with Crippen LogP contribution in [0.15, 0.2) is 6.07 Å². The maximum absolute atomic E-state index is 12.8. The van der Waals surface area contributed by atoms with Gasteiger partial charge in [-0.3, -0.25) is 4.79 Å². The lowest BCUT2D eigenvalue weighted by molar-refractivity contribution is 0.0909. The fourth-order valence-electron chi connectivity index (χ4n) is 4.36. The fraction of sp³-hybridized carbons (Fsp3) is 0.650. The van der Waals surface area contributed by atoms with E-state index in [4.69, 9.17) is 4.74 Å². The van der Waals surface area contributed by atoms with Crippen molar-refractivity contribution in [3.63, 3.8) is 0 Å². The molecule has 4 rings (SSSR count). The minimum Gasteiger partial charge on any atom is -0.480 e. The molecule has 0 radical (unpaired) electrons. The summed E-state index contributed by atoms with van der Waals surface area (Å²) in [6.07, 6.45) is 6.79. The first-order chi connectivity index (χ1) is 13.2. The first kappa shape index (κ1) is 18.1. The average Bonchev–Trinajstić information content (AvgIpc) is 3.38. The van der Waals surface area contributed by atoms with Gasteiger partial charge in [-0.15, -0.1) is 0 Å². The molecule has 146 valence electrons. The number of aromatic nitrogens is 1. The molecule has 3 heterocycles. The number of fused-ring (bicyclic) bond motifs is 1. The largest absolute Gasteiger partial charge is 0.480 e. The number of rotatable bonds is 3. The zero-order valence-electron chi connectivity index (χ0n) is 16.0. The number of hydrogen-bond donors (Lipinski definition) is 1. The molecule has 2 aliphatic heterocycles. The Balaban J connectivity index is 1.35. The number of ether oxygens (including phenoxy) is 1. The Kier molecular flexibility index (Phi) is 5.18. The third-order valence-corrected chi connectivity index (χ3v) is 5.93. The second-order valence-corrected chi connectivity index (χ2v) is 7.72. The van der Waals surface area contributed by atoms with Crippen LogP contribution in [0.2, 0.25) is 0 Å². The highest BCUT2D eigenvalue weighted by Gasteiger charge is 2.29. The van der Waals surface area contributed by atoms with Crippen LogP contribution in [0.1, 0.15) is 53.7 Å². The molecule has 3 aliphatic rings. The third kappa shape index (κ3) is 3.73. The molecular weight excluding hydrogens is 344 g/mol. The number of pyridine rings is 1. The van der Waals surface area contributed by atoms with Gasteiger partial charge in [-0.05, 0) is 56.6 Å². The molecule has 0 atom stereocenters. The van der Waals surface area contributed by atoms with Gasteiger partial charge in [0.05, 0.1) is 7.11 Å². The van der Waals surface area contributed by atoms with Gasteiger partial charge in [0.25, 0.3) is 5.91 Å². The van der Waals surface area contributed by atoms with Crippen molar-refractivity contribution >= 4 is 11.9 Å². The van der Waals surface area contributed by atoms with Crippen molar-refractivity contribution in [3.05, 3.63) is 22.9 Å². The van der Waals surface area contributed by atoms with Gasteiger partial charge in [0.2, 0.25) is 5.88 Å². The lowest BCUT2D eigenvalue weighted by Crippen LogP contribution is -2.50. The topological polar surface area (TPSA) is 74.8 Å². The standard InChI is InChI=1S/C20H28N4O3/c1-27-19-16(13-14-5-4-6-17(14)22-19)18(25)21-15-7-11-24(12-8-15)20(26)23-9-2-3-10-23/h13,15H,2-12H2,1H3,(H,21,25). The second kappa shape index (κ2) is 7.74. The van der Waals surface area contributed by atoms with Crippen LogP contribution < -0.4 is 10.1 Å². The summed E-state index contributed by atoms with van der Waals surface area (Å²) in [7, 11) is 1.56. The van der Waals surface area contributed by atoms with Gasteiger partial charge in [-0.2, -0.15) is 0 Å². The average molecular weight is 372 g/mol. The van der Waals surface area contributed by atoms with Gasteiger partial charge in [-0.1, -0.05) is 0 Å². The molecule has 1 N–H and O–H groups in total. The molecule has 0 unspecified atom stereocenters. The maximum atomic E-state index is 12.8. The van der Waals surface area contributed by atoms with E-state index in [1.807, 2.05) is 15.9 Å². The van der Waals surface area contributed by atoms with Crippen molar-refractivity contribution in [3.8, 4) is 5.88 Å². The number of piperidine rings is 1. The summed E-state index contributed by atoms with van der Waals surface area (Å²) in [4.78, 5) is 33.7. The Hall–Kier alpha value is -2.31. The summed E-state index contributed by atoms with van der Waals surface area (Å²) in [6, 6.07) is 2.18. The van der Waals surface area contributed by atoms with E-state index >= 15 is 0 Å². The van der Waals surface area contributed by atoms with Crippen molar-refractivity contribution in [1.82, 2.24) is 20.1 Å². The highest BCUT2D eigenvalue weighted by Crippen LogP contribution is 2.27. The van der Waals surface area contributed by atoms with Gasteiger partial charge in [0.1, 0.15) is 5.56 Å². The van der Waals surface area contributed by atoms with Crippen LogP contribution in [-0.2, 0) is 12.8 Å². The Bertz CT molecular complexity index is 722. The quantitative estimate of drug-likeness (QED) is 0.881. The fourth-order valence-corrected chi connectivity index (χ4v) is 4.36. The number of nitrogens with zero attached hydrogens (tertiary/aromatic N) is 3. The molecule has 0 saturated carbocycles. The number of urea groups is 1. The van der Waals surface area contributed by atoms with Gasteiger partial charge >= 0.3 is 6.03 Å². The van der Waals surface area contributed by atoms with Gasteiger partial charge in [0.15, 0.2) is 0 Å². The SMILES string of the molecule is COc1nc2c(cc1C(=O)NC1CCN(C(=O)N3CCCC3)CC1)CCC2. The van der Waals surface area contributed by atoms with Crippen LogP contribution in [0.5, 0.6) is 5.88 Å². The Labute approximate surface area is 160 Å². The predicted octanol–water partition coefficient (Wildman–Crippen LogP) is 1.99. The van der Waals surface area contributed by atoms with E-state index < -0.39 is 0 Å². The highest BCUT2D eigenvalue weighted by molar-refractivity contribution is 5.96. The molecule has 3 amide bonds. The summed E-state index contributed by atoms with van der Waals surface area (Å²) >= 11 is 0. The maximum Gasteiger partial charge on any atom is 0.319 e. The van der Waals surface area contributed by atoms with Crippen molar-refractivity contribution in [2.45, 2.75) is 51.0 Å². The van der Waals surface area contributed by atoms with Crippen LogP contribution in [-0.4, -0.2) is 66.1 Å². The third-order valence-electron chi connectivity index (χ3n) is 5.93. The molecule has 2 saturated heterocycles. The zero-order valence-corrected chi connectivity index (χ0v) is 16.0. The molecule has 2 fully saturated rings. The molecule has 0 bridgehead atoms. The minimum atomic E-state index is -0.127. The van der Waals surface area contributed by atoms with E-state index in [1.54, 1.807) is 7.11 Å². The molecule has 7 heteroatoms. The molecule has 7 nitrogen and oxygen atoms in total. The molecule has 1 aliphatic carbocycles. The van der Waals surface area contributed by atoms with Crippen molar-refractivity contribution in [1.29, 1.82) is 0 Å². The summed E-state index contributed by atoms with van der Waals surface area (Å²) in [6.45, 7) is 3.14. The Morgan fingerprint density at radius 1 is 1.07 bits per heavy atom.